The molecule has 0 bridgehead atoms. The van der Waals surface area contributed by atoms with Gasteiger partial charge in [0.2, 0.25) is 9.84 Å². The van der Waals surface area contributed by atoms with Crippen molar-refractivity contribution in [2.24, 2.45) is 0 Å². The Labute approximate surface area is 120 Å². The van der Waals surface area contributed by atoms with Gasteiger partial charge in [-0.3, -0.25) is 4.79 Å². The van der Waals surface area contributed by atoms with Crippen LogP contribution in [-0.2, 0) is 9.84 Å². The molecule has 2 rings (SSSR count). The lowest BCUT2D eigenvalue weighted by molar-refractivity contribution is 0.103. The number of carbonyl (C=O) groups is 1. The van der Waals surface area contributed by atoms with E-state index >= 15 is 0 Å². The molecule has 0 saturated heterocycles. The number of alkyl halides is 2. The Morgan fingerprint density at radius 1 is 1.05 bits per heavy atom. The van der Waals surface area contributed by atoms with Gasteiger partial charge >= 0.3 is 5.76 Å². The van der Waals surface area contributed by atoms with Gasteiger partial charge in [0.25, 0.3) is 0 Å². The third kappa shape index (κ3) is 2.92. The molecule has 2 N–H and O–H groups in total. The van der Waals surface area contributed by atoms with Gasteiger partial charge in [-0.05, 0) is 18.2 Å². The van der Waals surface area contributed by atoms with Crippen molar-refractivity contribution in [3.05, 3.63) is 59.7 Å². The highest BCUT2D eigenvalue weighted by atomic mass is 32.2. The van der Waals surface area contributed by atoms with Gasteiger partial charge in [-0.15, -0.1) is 0 Å². The van der Waals surface area contributed by atoms with Crippen LogP contribution in [0.3, 0.4) is 0 Å². The molecule has 0 fully saturated rings. The molecule has 7 heteroatoms. The summed E-state index contributed by atoms with van der Waals surface area (Å²) in [7, 11) is -4.77. The van der Waals surface area contributed by atoms with Crippen LogP contribution in [0.25, 0.3) is 0 Å². The Balaban J connectivity index is 2.53. The molecule has 0 saturated carbocycles. The van der Waals surface area contributed by atoms with Crippen molar-refractivity contribution in [2.45, 2.75) is 10.7 Å². The summed E-state index contributed by atoms with van der Waals surface area (Å²) in [6.07, 6.45) is 0. The lowest BCUT2D eigenvalue weighted by Crippen LogP contribution is -2.13. The normalized spacial score (nSPS) is 11.6. The summed E-state index contributed by atoms with van der Waals surface area (Å²) in [6, 6.07) is 11.0. The second kappa shape index (κ2) is 5.61. The molecule has 0 aliphatic rings. The average molecular weight is 311 g/mol. The SMILES string of the molecule is Nc1ccc(S(=O)(=O)C(F)F)cc1C(=O)c1ccccc1. The lowest BCUT2D eigenvalue weighted by atomic mass is 10.0. The van der Waals surface area contributed by atoms with Gasteiger partial charge in [0.15, 0.2) is 5.78 Å². The Kier molecular flexibility index (Phi) is 4.04. The fourth-order valence-corrected chi connectivity index (χ4v) is 2.50. The van der Waals surface area contributed by atoms with Crippen LogP contribution in [0.15, 0.2) is 53.4 Å². The zero-order valence-electron chi connectivity index (χ0n) is 10.7. The molecular formula is C14H11F2NO3S. The molecule has 0 amide bonds. The van der Waals surface area contributed by atoms with E-state index in [2.05, 4.69) is 0 Å². The number of carbonyl (C=O) groups excluding carboxylic acids is 1. The molecule has 2 aromatic carbocycles. The molecule has 0 heterocycles. The zero-order chi connectivity index (χ0) is 15.6. The summed E-state index contributed by atoms with van der Waals surface area (Å²) >= 11 is 0. The predicted molar refractivity (Wildman–Crippen MR) is 73.9 cm³/mol. The Hall–Kier alpha value is -2.28. The number of nitrogen functional groups attached to an aromatic ring is 1. The maximum atomic E-state index is 12.6. The molecule has 4 nitrogen and oxygen atoms in total. The van der Waals surface area contributed by atoms with Gasteiger partial charge in [-0.1, -0.05) is 30.3 Å². The molecule has 0 aromatic heterocycles. The van der Waals surface area contributed by atoms with E-state index in [4.69, 9.17) is 5.73 Å². The first-order valence-corrected chi connectivity index (χ1v) is 7.40. The summed E-state index contributed by atoms with van der Waals surface area (Å²) in [5, 5.41) is 0. The van der Waals surface area contributed by atoms with Crippen LogP contribution in [0.2, 0.25) is 0 Å². The van der Waals surface area contributed by atoms with Crippen LogP contribution < -0.4 is 5.73 Å². The highest BCUT2D eigenvalue weighted by Gasteiger charge is 2.28. The number of sulfone groups is 1. The van der Waals surface area contributed by atoms with Gasteiger partial charge in [0.1, 0.15) is 0 Å². The van der Waals surface area contributed by atoms with Gasteiger partial charge in [-0.2, -0.15) is 8.78 Å². The summed E-state index contributed by atoms with van der Waals surface area (Å²) in [5.41, 5.74) is 5.83. The van der Waals surface area contributed by atoms with E-state index in [1.807, 2.05) is 0 Å². The number of nitrogens with two attached hydrogens (primary N) is 1. The number of hydrogen-bond acceptors (Lipinski definition) is 4. The third-order valence-corrected chi connectivity index (χ3v) is 4.25. The van der Waals surface area contributed by atoms with Crippen LogP contribution in [0.4, 0.5) is 14.5 Å². The van der Waals surface area contributed by atoms with Crippen molar-refractivity contribution in [3.8, 4) is 0 Å². The van der Waals surface area contributed by atoms with Crippen molar-refractivity contribution in [1.82, 2.24) is 0 Å². The fourth-order valence-electron chi connectivity index (χ4n) is 1.76. The van der Waals surface area contributed by atoms with E-state index in [-0.39, 0.29) is 16.8 Å². The molecule has 21 heavy (non-hydrogen) atoms. The summed E-state index contributed by atoms with van der Waals surface area (Å²) in [4.78, 5) is 11.6. The molecule has 0 spiro atoms. The van der Waals surface area contributed by atoms with E-state index in [1.165, 1.54) is 12.1 Å². The molecule has 0 atom stereocenters. The van der Waals surface area contributed by atoms with Crippen molar-refractivity contribution in [1.29, 1.82) is 0 Å². The van der Waals surface area contributed by atoms with E-state index < -0.39 is 26.3 Å². The van der Waals surface area contributed by atoms with Crippen LogP contribution >= 0.6 is 0 Å². The van der Waals surface area contributed by atoms with E-state index in [0.29, 0.717) is 0 Å². The maximum Gasteiger partial charge on any atom is 0.341 e. The van der Waals surface area contributed by atoms with Crippen LogP contribution in [0.1, 0.15) is 15.9 Å². The number of halogens is 2. The smallest absolute Gasteiger partial charge is 0.341 e. The summed E-state index contributed by atoms with van der Waals surface area (Å²) < 4.78 is 48.0. The second-order valence-electron chi connectivity index (χ2n) is 4.25. The van der Waals surface area contributed by atoms with Crippen molar-refractivity contribution in [3.63, 3.8) is 0 Å². The highest BCUT2D eigenvalue weighted by molar-refractivity contribution is 7.91. The molecular weight excluding hydrogens is 300 g/mol. The van der Waals surface area contributed by atoms with Gasteiger partial charge in [0, 0.05) is 16.8 Å². The molecule has 110 valence electrons. The first kappa shape index (κ1) is 15.1. The van der Waals surface area contributed by atoms with Crippen molar-refractivity contribution >= 4 is 21.3 Å². The van der Waals surface area contributed by atoms with Crippen LogP contribution in [-0.4, -0.2) is 20.0 Å². The maximum absolute atomic E-state index is 12.6. The summed E-state index contributed by atoms with van der Waals surface area (Å²) in [6.45, 7) is 0. The first-order chi connectivity index (χ1) is 9.84. The number of anilines is 1. The Bertz CT molecular complexity index is 774. The average Bonchev–Trinajstić information content (AvgIpc) is 2.47. The minimum absolute atomic E-state index is 0.0251. The fraction of sp³-hybridized carbons (Fsp3) is 0.0714. The van der Waals surface area contributed by atoms with Gasteiger partial charge in [0.05, 0.1) is 4.90 Å². The predicted octanol–water partition coefficient (Wildman–Crippen LogP) is 2.50. The lowest BCUT2D eigenvalue weighted by Gasteiger charge is -2.08. The molecule has 0 radical (unpaired) electrons. The van der Waals surface area contributed by atoms with Gasteiger partial charge in [-0.25, -0.2) is 8.42 Å². The molecule has 0 aliphatic heterocycles. The standard InChI is InChI=1S/C14H11F2NO3S/c15-14(16)21(19,20)10-6-7-12(17)11(8-10)13(18)9-4-2-1-3-5-9/h1-8,14H,17H2. The largest absolute Gasteiger partial charge is 0.398 e. The number of rotatable bonds is 4. The number of benzene rings is 2. The molecule has 2 aromatic rings. The minimum atomic E-state index is -4.77. The zero-order valence-corrected chi connectivity index (χ0v) is 11.5. The first-order valence-electron chi connectivity index (χ1n) is 5.85. The second-order valence-corrected chi connectivity index (χ2v) is 6.17. The van der Waals surface area contributed by atoms with Crippen molar-refractivity contribution in [2.75, 3.05) is 5.73 Å². The minimum Gasteiger partial charge on any atom is -0.398 e. The quantitative estimate of drug-likeness (QED) is 0.695. The van der Waals surface area contributed by atoms with E-state index in [1.54, 1.807) is 18.2 Å². The highest BCUT2D eigenvalue weighted by Crippen LogP contribution is 2.24. The molecule has 0 aliphatic carbocycles. The molecule has 0 unspecified atom stereocenters. The van der Waals surface area contributed by atoms with Crippen LogP contribution in [0, 0.1) is 0 Å². The Morgan fingerprint density at radius 2 is 1.67 bits per heavy atom. The van der Waals surface area contributed by atoms with Gasteiger partial charge < -0.3 is 5.73 Å². The monoisotopic (exact) mass is 311 g/mol. The third-order valence-electron chi connectivity index (χ3n) is 2.87. The Morgan fingerprint density at radius 3 is 2.24 bits per heavy atom. The van der Waals surface area contributed by atoms with E-state index in [0.717, 1.165) is 18.2 Å². The van der Waals surface area contributed by atoms with Crippen molar-refractivity contribution < 1.29 is 22.0 Å². The topological polar surface area (TPSA) is 77.2 Å². The number of ketones is 1. The van der Waals surface area contributed by atoms with E-state index in [9.17, 15) is 22.0 Å². The summed E-state index contributed by atoms with van der Waals surface area (Å²) in [5.74, 6) is -4.08. The van der Waals surface area contributed by atoms with Crippen LogP contribution in [0.5, 0.6) is 0 Å². The number of hydrogen-bond donors (Lipinski definition) is 1.